The number of fused-ring (bicyclic) bond motifs is 2. The van der Waals surface area contributed by atoms with Crippen molar-refractivity contribution in [2.75, 3.05) is 26.3 Å². The summed E-state index contributed by atoms with van der Waals surface area (Å²) in [4.78, 5) is 27.2. The molecule has 0 unspecified atom stereocenters. The molecule has 0 aliphatic carbocycles. The van der Waals surface area contributed by atoms with E-state index in [1.165, 1.54) is 0 Å². The molecule has 3 aliphatic rings. The van der Waals surface area contributed by atoms with Crippen LogP contribution >= 0.6 is 0 Å². The average Bonchev–Trinajstić information content (AvgIpc) is 2.96. The van der Waals surface area contributed by atoms with Crippen molar-refractivity contribution in [2.24, 2.45) is 5.92 Å². The van der Waals surface area contributed by atoms with Gasteiger partial charge in [0.15, 0.2) is 0 Å². The molecule has 3 aliphatic heterocycles. The molecule has 0 radical (unpaired) electrons. The van der Waals surface area contributed by atoms with E-state index in [0.717, 1.165) is 12.8 Å². The lowest BCUT2D eigenvalue weighted by atomic mass is 9.89. The number of nitrogens with zero attached hydrogens (tertiary/aromatic N) is 2. The van der Waals surface area contributed by atoms with Gasteiger partial charge in [0.1, 0.15) is 0 Å². The van der Waals surface area contributed by atoms with Crippen LogP contribution < -0.4 is 0 Å². The Hall–Kier alpha value is -1.30. The predicted octanol–water partition coefficient (Wildman–Crippen LogP) is 0.376. The van der Waals surface area contributed by atoms with E-state index in [4.69, 9.17) is 4.74 Å². The molecule has 0 saturated carbocycles. The summed E-state index contributed by atoms with van der Waals surface area (Å²) in [6, 6.07) is 0.0452. The molecular formula is C12H18N2O4. The van der Waals surface area contributed by atoms with Gasteiger partial charge in [-0.15, -0.1) is 0 Å². The first kappa shape index (κ1) is 11.8. The molecule has 6 heteroatoms. The van der Waals surface area contributed by atoms with Gasteiger partial charge in [0.25, 0.3) is 0 Å². The van der Waals surface area contributed by atoms with Crippen molar-refractivity contribution >= 4 is 12.0 Å². The third-order valence-corrected chi connectivity index (χ3v) is 4.36. The Morgan fingerprint density at radius 1 is 1.17 bits per heavy atom. The molecule has 0 aromatic heterocycles. The first-order chi connectivity index (χ1) is 8.68. The molecular weight excluding hydrogens is 236 g/mol. The zero-order valence-corrected chi connectivity index (χ0v) is 10.2. The Balaban J connectivity index is 1.72. The maximum atomic E-state index is 12.4. The minimum Gasteiger partial charge on any atom is -0.481 e. The molecule has 3 fully saturated rings. The van der Waals surface area contributed by atoms with Crippen LogP contribution in [0.1, 0.15) is 19.3 Å². The Labute approximate surface area is 105 Å². The fourth-order valence-corrected chi connectivity index (χ4v) is 3.47. The van der Waals surface area contributed by atoms with E-state index in [1.807, 2.05) is 4.90 Å². The van der Waals surface area contributed by atoms with Crippen LogP contribution in [-0.4, -0.2) is 65.3 Å². The molecule has 1 N–H and O–H groups in total. The number of carboxylic acids is 1. The molecule has 100 valence electrons. The minimum atomic E-state index is -0.762. The van der Waals surface area contributed by atoms with Crippen molar-refractivity contribution in [1.29, 1.82) is 0 Å². The number of hydrogen-bond donors (Lipinski definition) is 1. The van der Waals surface area contributed by atoms with E-state index in [1.54, 1.807) is 4.90 Å². The highest BCUT2D eigenvalue weighted by atomic mass is 16.5. The van der Waals surface area contributed by atoms with Gasteiger partial charge in [-0.25, -0.2) is 4.79 Å². The molecule has 0 aromatic rings. The fourth-order valence-electron chi connectivity index (χ4n) is 3.47. The summed E-state index contributed by atoms with van der Waals surface area (Å²) < 4.78 is 5.23. The molecule has 3 atom stereocenters. The molecule has 6 nitrogen and oxygen atoms in total. The van der Waals surface area contributed by atoms with Crippen molar-refractivity contribution in [3.8, 4) is 0 Å². The van der Waals surface area contributed by atoms with Crippen molar-refractivity contribution in [3.63, 3.8) is 0 Å². The molecule has 3 saturated heterocycles. The number of morpholine rings is 1. The lowest BCUT2D eigenvalue weighted by molar-refractivity contribution is -0.142. The van der Waals surface area contributed by atoms with E-state index in [0.29, 0.717) is 32.7 Å². The molecule has 3 heterocycles. The molecule has 18 heavy (non-hydrogen) atoms. The number of carbonyl (C=O) groups excluding carboxylic acids is 1. The van der Waals surface area contributed by atoms with Crippen molar-refractivity contribution in [3.05, 3.63) is 0 Å². The molecule has 0 spiro atoms. The predicted molar refractivity (Wildman–Crippen MR) is 62.2 cm³/mol. The minimum absolute atomic E-state index is 0.00884. The second-order valence-electron chi connectivity index (χ2n) is 5.27. The zero-order chi connectivity index (χ0) is 12.7. The van der Waals surface area contributed by atoms with Crippen LogP contribution in [0.15, 0.2) is 0 Å². The van der Waals surface area contributed by atoms with E-state index < -0.39 is 5.97 Å². The van der Waals surface area contributed by atoms with Gasteiger partial charge >= 0.3 is 12.0 Å². The van der Waals surface area contributed by atoms with Gasteiger partial charge < -0.3 is 19.6 Å². The average molecular weight is 254 g/mol. The van der Waals surface area contributed by atoms with Gasteiger partial charge in [0, 0.05) is 25.2 Å². The highest BCUT2D eigenvalue weighted by Crippen LogP contribution is 2.42. The molecule has 3 rings (SSSR count). The van der Waals surface area contributed by atoms with Crippen LogP contribution in [0.2, 0.25) is 0 Å². The number of carbonyl (C=O) groups is 2. The second-order valence-corrected chi connectivity index (χ2v) is 5.27. The number of carboxylic acid groups (broad SMARTS) is 1. The van der Waals surface area contributed by atoms with Crippen LogP contribution in [0.3, 0.4) is 0 Å². The highest BCUT2D eigenvalue weighted by Gasteiger charge is 2.52. The zero-order valence-electron chi connectivity index (χ0n) is 10.2. The largest absolute Gasteiger partial charge is 0.481 e. The van der Waals surface area contributed by atoms with E-state index in [2.05, 4.69) is 0 Å². The van der Waals surface area contributed by atoms with Crippen LogP contribution in [0.25, 0.3) is 0 Å². The molecule has 2 bridgehead atoms. The Morgan fingerprint density at radius 3 is 2.50 bits per heavy atom. The maximum absolute atomic E-state index is 12.4. The standard InChI is InChI=1S/C12H18N2O4/c15-11(16)9-7-8-1-2-10(9)14(8)12(17)13-3-5-18-6-4-13/h8-10H,1-7H2,(H,15,16)/t8-,9+,10-/m1/s1. The fraction of sp³-hybridized carbons (Fsp3) is 0.833. The maximum Gasteiger partial charge on any atom is 0.320 e. The van der Waals surface area contributed by atoms with Crippen molar-refractivity contribution < 1.29 is 19.4 Å². The monoisotopic (exact) mass is 254 g/mol. The van der Waals surface area contributed by atoms with Crippen molar-refractivity contribution in [1.82, 2.24) is 9.80 Å². The number of aliphatic carboxylic acids is 1. The Bertz CT molecular complexity index is 367. The van der Waals surface area contributed by atoms with Gasteiger partial charge in [0.05, 0.1) is 19.1 Å². The van der Waals surface area contributed by atoms with Gasteiger partial charge in [-0.05, 0) is 19.3 Å². The summed E-state index contributed by atoms with van der Waals surface area (Å²) >= 11 is 0. The lowest BCUT2D eigenvalue weighted by Gasteiger charge is -2.33. The summed E-state index contributed by atoms with van der Waals surface area (Å²) in [5.74, 6) is -1.13. The van der Waals surface area contributed by atoms with E-state index >= 15 is 0 Å². The van der Waals surface area contributed by atoms with Gasteiger partial charge in [-0.2, -0.15) is 0 Å². The lowest BCUT2D eigenvalue weighted by Crippen LogP contribution is -2.50. The smallest absolute Gasteiger partial charge is 0.320 e. The third kappa shape index (κ3) is 1.75. The van der Waals surface area contributed by atoms with Crippen LogP contribution in [-0.2, 0) is 9.53 Å². The molecule has 0 aromatic carbocycles. The first-order valence-electron chi connectivity index (χ1n) is 6.56. The normalized spacial score (nSPS) is 35.0. The third-order valence-electron chi connectivity index (χ3n) is 4.36. The first-order valence-corrected chi connectivity index (χ1v) is 6.56. The van der Waals surface area contributed by atoms with Crippen LogP contribution in [0, 0.1) is 5.92 Å². The van der Waals surface area contributed by atoms with Crippen molar-refractivity contribution in [2.45, 2.75) is 31.3 Å². The number of ether oxygens (including phenoxy) is 1. The molecule has 2 amide bonds. The van der Waals surface area contributed by atoms with Gasteiger partial charge in [0.2, 0.25) is 0 Å². The van der Waals surface area contributed by atoms with E-state index in [-0.39, 0.29) is 24.0 Å². The number of hydrogen-bond acceptors (Lipinski definition) is 3. The SMILES string of the molecule is O=C(O)[C@H]1C[C@H]2CC[C@H]1N2C(=O)N1CCOCC1. The van der Waals surface area contributed by atoms with Gasteiger partial charge in [-0.1, -0.05) is 0 Å². The summed E-state index contributed by atoms with van der Waals surface area (Å²) in [5, 5.41) is 9.17. The van der Waals surface area contributed by atoms with Crippen LogP contribution in [0.5, 0.6) is 0 Å². The second kappa shape index (κ2) is 4.42. The van der Waals surface area contributed by atoms with Crippen LogP contribution in [0.4, 0.5) is 4.79 Å². The summed E-state index contributed by atoms with van der Waals surface area (Å²) in [5.41, 5.74) is 0. The summed E-state index contributed by atoms with van der Waals surface area (Å²) in [7, 11) is 0. The quantitative estimate of drug-likeness (QED) is 0.734. The Kier molecular flexibility index (Phi) is 2.89. The summed E-state index contributed by atoms with van der Waals surface area (Å²) in [6.45, 7) is 2.40. The number of rotatable bonds is 1. The van der Waals surface area contributed by atoms with Gasteiger partial charge in [-0.3, -0.25) is 4.79 Å². The highest BCUT2D eigenvalue weighted by molar-refractivity contribution is 5.79. The Morgan fingerprint density at radius 2 is 1.89 bits per heavy atom. The van der Waals surface area contributed by atoms with E-state index in [9.17, 15) is 14.7 Å². The topological polar surface area (TPSA) is 70.1 Å². The number of urea groups is 1. The number of amides is 2. The summed E-state index contributed by atoms with van der Waals surface area (Å²) in [6.07, 6.45) is 2.40.